The van der Waals surface area contributed by atoms with Crippen LogP contribution in [0.4, 0.5) is 11.4 Å². The zero-order valence-corrected chi connectivity index (χ0v) is 17.0. The molecule has 160 valence electrons. The Labute approximate surface area is 181 Å². The summed E-state index contributed by atoms with van der Waals surface area (Å²) in [6.45, 7) is -0.0629. The quantitative estimate of drug-likeness (QED) is 0.148. The molecular weight excluding hydrogens is 436 g/mol. The Morgan fingerprint density at radius 3 is 2.12 bits per heavy atom. The van der Waals surface area contributed by atoms with Crippen molar-refractivity contribution in [1.82, 2.24) is 0 Å². The molecule has 0 bridgehead atoms. The van der Waals surface area contributed by atoms with E-state index in [1.807, 2.05) is 0 Å². The second-order valence-electron chi connectivity index (χ2n) is 6.65. The first-order valence-corrected chi connectivity index (χ1v) is 10.6. The molecule has 0 aromatic heterocycles. The van der Waals surface area contributed by atoms with Gasteiger partial charge in [-0.2, -0.15) is 8.42 Å². The van der Waals surface area contributed by atoms with Gasteiger partial charge in [-0.3, -0.25) is 9.35 Å². The molecule has 0 atom stereocenters. The normalized spacial score (nSPS) is 11.8. The van der Waals surface area contributed by atoms with E-state index in [0.29, 0.717) is 21.5 Å². The van der Waals surface area contributed by atoms with Crippen molar-refractivity contribution in [2.24, 2.45) is 10.2 Å². The predicted octanol–water partition coefficient (Wildman–Crippen LogP) is 4.67. The highest BCUT2D eigenvalue weighted by Crippen LogP contribution is 2.41. The molecule has 0 heterocycles. The maximum Gasteiger partial charge on any atom is 0.349 e. The number of carbonyl (C=O) groups is 2. The van der Waals surface area contributed by atoms with Gasteiger partial charge in [0.25, 0.3) is 10.1 Å². The lowest BCUT2D eigenvalue weighted by Gasteiger charge is -2.10. The predicted molar refractivity (Wildman–Crippen MR) is 115 cm³/mol. The van der Waals surface area contributed by atoms with Crippen molar-refractivity contribution in [2.75, 3.05) is 0 Å². The summed E-state index contributed by atoms with van der Waals surface area (Å²) in [6, 6.07) is 17.4. The van der Waals surface area contributed by atoms with Crippen molar-refractivity contribution in [3.05, 3.63) is 72.3 Å². The zero-order valence-electron chi connectivity index (χ0n) is 16.2. The number of fused-ring (bicyclic) bond motifs is 2. The fourth-order valence-corrected chi connectivity index (χ4v) is 3.96. The number of phenols is 1. The summed E-state index contributed by atoms with van der Waals surface area (Å²) in [7, 11) is -4.64. The number of ether oxygens (including phenoxy) is 1. The number of aromatic hydroxyl groups is 1. The third-order valence-corrected chi connectivity index (χ3v) is 5.65. The molecule has 0 radical (unpaired) electrons. The van der Waals surface area contributed by atoms with E-state index in [-0.39, 0.29) is 23.4 Å². The summed E-state index contributed by atoms with van der Waals surface area (Å²) >= 11 is 0. The molecule has 0 aliphatic heterocycles. The van der Waals surface area contributed by atoms with Gasteiger partial charge in [0.1, 0.15) is 21.8 Å². The van der Waals surface area contributed by atoms with Gasteiger partial charge in [-0.15, -0.1) is 10.2 Å². The van der Waals surface area contributed by atoms with E-state index in [2.05, 4.69) is 15.0 Å². The number of hydrogen-bond acceptors (Lipinski definition) is 8. The van der Waals surface area contributed by atoms with Crippen LogP contribution in [-0.4, -0.2) is 30.5 Å². The van der Waals surface area contributed by atoms with Crippen LogP contribution in [0.5, 0.6) is 5.75 Å². The molecule has 4 aromatic carbocycles. The summed E-state index contributed by atoms with van der Waals surface area (Å²) < 4.78 is 37.8. The SMILES string of the molecule is O=COC(=O)c1cc2ccccc2c(N=Nc2c(S(=O)(=O)O)ccc3ccccc23)c1O. The van der Waals surface area contributed by atoms with E-state index in [0.717, 1.165) is 0 Å². The lowest BCUT2D eigenvalue weighted by atomic mass is 10.0. The molecular formula is C22H14N2O7S. The number of hydrogen-bond donors (Lipinski definition) is 2. The number of nitrogens with zero attached hydrogens (tertiary/aromatic N) is 2. The van der Waals surface area contributed by atoms with E-state index in [1.54, 1.807) is 48.5 Å². The summed E-state index contributed by atoms with van der Waals surface area (Å²) in [4.78, 5) is 22.2. The topological polar surface area (TPSA) is 143 Å². The highest BCUT2D eigenvalue weighted by Gasteiger charge is 2.21. The van der Waals surface area contributed by atoms with Crippen LogP contribution in [0.15, 0.2) is 81.9 Å². The van der Waals surface area contributed by atoms with Crippen molar-refractivity contribution in [1.29, 1.82) is 0 Å². The average molecular weight is 450 g/mol. The number of esters is 1. The Bertz CT molecular complexity index is 1530. The Balaban J connectivity index is 1.99. The highest BCUT2D eigenvalue weighted by molar-refractivity contribution is 7.86. The Hall–Kier alpha value is -4.15. The van der Waals surface area contributed by atoms with Crippen LogP contribution < -0.4 is 0 Å². The first-order chi connectivity index (χ1) is 15.3. The molecule has 4 rings (SSSR count). The van der Waals surface area contributed by atoms with E-state index >= 15 is 0 Å². The molecule has 0 spiro atoms. The monoisotopic (exact) mass is 450 g/mol. The summed E-state index contributed by atoms with van der Waals surface area (Å²) in [5, 5.41) is 20.7. The molecule has 0 unspecified atom stereocenters. The minimum Gasteiger partial charge on any atom is -0.505 e. The largest absolute Gasteiger partial charge is 0.505 e. The Kier molecular flexibility index (Phi) is 5.39. The fraction of sp³-hybridized carbons (Fsp3) is 0. The number of carbonyl (C=O) groups excluding carboxylic acids is 2. The van der Waals surface area contributed by atoms with Gasteiger partial charge in [0.05, 0.1) is 0 Å². The molecule has 32 heavy (non-hydrogen) atoms. The minimum absolute atomic E-state index is 0.0629. The van der Waals surface area contributed by atoms with Crippen LogP contribution in [0.3, 0.4) is 0 Å². The van der Waals surface area contributed by atoms with Crippen LogP contribution in [0.25, 0.3) is 21.5 Å². The van der Waals surface area contributed by atoms with Gasteiger partial charge in [0.2, 0.25) is 0 Å². The molecule has 4 aromatic rings. The van der Waals surface area contributed by atoms with Gasteiger partial charge < -0.3 is 9.84 Å². The molecule has 9 nitrogen and oxygen atoms in total. The molecule has 0 aliphatic rings. The second kappa shape index (κ2) is 8.17. The van der Waals surface area contributed by atoms with E-state index in [4.69, 9.17) is 0 Å². The maximum absolute atomic E-state index is 12.1. The molecule has 0 saturated carbocycles. The van der Waals surface area contributed by atoms with Crippen LogP contribution >= 0.6 is 0 Å². The first kappa shape index (κ1) is 21.1. The van der Waals surface area contributed by atoms with Crippen LogP contribution in [0.1, 0.15) is 10.4 Å². The summed E-state index contributed by atoms with van der Waals surface area (Å²) in [5.74, 6) is -1.70. The van der Waals surface area contributed by atoms with Crippen LogP contribution in [0.2, 0.25) is 0 Å². The van der Waals surface area contributed by atoms with Crippen molar-refractivity contribution < 1.29 is 32.4 Å². The Morgan fingerprint density at radius 1 is 0.875 bits per heavy atom. The van der Waals surface area contributed by atoms with Crippen molar-refractivity contribution in [3.8, 4) is 5.75 Å². The Morgan fingerprint density at radius 2 is 1.47 bits per heavy atom. The van der Waals surface area contributed by atoms with Crippen molar-refractivity contribution in [2.45, 2.75) is 4.90 Å². The molecule has 0 aliphatic carbocycles. The third-order valence-electron chi connectivity index (χ3n) is 4.76. The van der Waals surface area contributed by atoms with Gasteiger partial charge in [-0.25, -0.2) is 4.79 Å². The molecule has 0 amide bonds. The van der Waals surface area contributed by atoms with E-state index in [1.165, 1.54) is 18.2 Å². The van der Waals surface area contributed by atoms with Gasteiger partial charge in [0.15, 0.2) is 5.75 Å². The van der Waals surface area contributed by atoms with Crippen molar-refractivity contribution in [3.63, 3.8) is 0 Å². The number of benzene rings is 4. The number of azo groups is 1. The lowest BCUT2D eigenvalue weighted by molar-refractivity contribution is -0.123. The third kappa shape index (κ3) is 3.80. The smallest absolute Gasteiger partial charge is 0.349 e. The second-order valence-corrected chi connectivity index (χ2v) is 8.04. The average Bonchev–Trinajstić information content (AvgIpc) is 2.77. The standard InChI is InChI=1S/C22H14N2O7S/c25-12-31-22(27)17-11-14-6-2-4-8-16(14)20(21(17)26)24-23-19-15-7-3-1-5-13(15)9-10-18(19)32(28,29)30/h1-12,26H,(H,28,29,30). The molecule has 0 fully saturated rings. The highest BCUT2D eigenvalue weighted by atomic mass is 32.2. The van der Waals surface area contributed by atoms with Gasteiger partial charge in [-0.05, 0) is 22.9 Å². The van der Waals surface area contributed by atoms with Crippen LogP contribution in [-0.2, 0) is 19.6 Å². The number of phenolic OH excluding ortho intramolecular Hbond substituents is 1. The summed E-state index contributed by atoms with van der Waals surface area (Å²) in [6.07, 6.45) is 0. The molecule has 10 heteroatoms. The number of rotatable bonds is 5. The van der Waals surface area contributed by atoms with Gasteiger partial charge in [0, 0.05) is 10.8 Å². The maximum atomic E-state index is 12.1. The van der Waals surface area contributed by atoms with Gasteiger partial charge in [-0.1, -0.05) is 54.6 Å². The van der Waals surface area contributed by atoms with Crippen molar-refractivity contribution >= 4 is 55.5 Å². The van der Waals surface area contributed by atoms with Gasteiger partial charge >= 0.3 is 12.4 Å². The molecule has 0 saturated heterocycles. The summed E-state index contributed by atoms with van der Waals surface area (Å²) in [5.41, 5.74) is -0.609. The van der Waals surface area contributed by atoms with Crippen LogP contribution in [0, 0.1) is 0 Å². The first-order valence-electron chi connectivity index (χ1n) is 9.11. The lowest BCUT2D eigenvalue weighted by Crippen LogP contribution is -2.04. The zero-order chi connectivity index (χ0) is 22.9. The fourth-order valence-electron chi connectivity index (χ4n) is 3.33. The van der Waals surface area contributed by atoms with E-state index < -0.39 is 26.7 Å². The molecule has 2 N–H and O–H groups in total. The van der Waals surface area contributed by atoms with E-state index in [9.17, 15) is 27.7 Å². The minimum atomic E-state index is -4.64.